The van der Waals surface area contributed by atoms with Gasteiger partial charge >= 0.3 is 17.9 Å². The molecule has 0 unspecified atom stereocenters. The first-order valence-electron chi connectivity index (χ1n) is 25.6. The van der Waals surface area contributed by atoms with E-state index in [9.17, 15) is 14.4 Å². The normalized spacial score (nSPS) is 13.3. The second kappa shape index (κ2) is 40.8. The third-order valence-electron chi connectivity index (χ3n) is 12.7. The lowest BCUT2D eigenvalue weighted by molar-refractivity contribution is -0.149. The predicted octanol–water partition coefficient (Wildman–Crippen LogP) is 14.5. The lowest BCUT2D eigenvalue weighted by Crippen LogP contribution is -2.23. The van der Waals surface area contributed by atoms with E-state index in [0.29, 0.717) is 44.5 Å². The molecule has 1 fully saturated rings. The molecule has 342 valence electrons. The van der Waals surface area contributed by atoms with E-state index in [1.54, 1.807) is 0 Å². The molecular weight excluding hydrogens is 723 g/mol. The maximum Gasteiger partial charge on any atom is 0.308 e. The highest BCUT2D eigenvalue weighted by Gasteiger charge is 2.20. The van der Waals surface area contributed by atoms with Gasteiger partial charge in [0.25, 0.3) is 0 Å². The molecule has 0 aromatic rings. The monoisotopic (exact) mass is 820 g/mol. The number of carbonyl (C=O) groups is 3. The SMILES string of the molecule is CCCCC(CCCC)CCOC(=O)CCCCCCCCCC(CCCCCCCCCC(=O)OCCC(CCCC)CCCC)C(=O)OCCCN1CCCC1. The molecule has 1 heterocycles. The zero-order chi connectivity index (χ0) is 42.2. The van der Waals surface area contributed by atoms with E-state index in [-0.39, 0.29) is 23.8 Å². The van der Waals surface area contributed by atoms with Crippen LogP contribution in [0.25, 0.3) is 0 Å². The number of esters is 3. The van der Waals surface area contributed by atoms with E-state index in [1.165, 1.54) is 129 Å². The molecule has 0 atom stereocenters. The van der Waals surface area contributed by atoms with Gasteiger partial charge < -0.3 is 19.1 Å². The van der Waals surface area contributed by atoms with Crippen molar-refractivity contribution in [3.8, 4) is 0 Å². The van der Waals surface area contributed by atoms with Crippen LogP contribution in [0, 0.1) is 17.8 Å². The zero-order valence-electron chi connectivity index (χ0n) is 39.1. The number of hydrogen-bond acceptors (Lipinski definition) is 7. The summed E-state index contributed by atoms with van der Waals surface area (Å²) in [5.74, 6) is 1.40. The van der Waals surface area contributed by atoms with E-state index >= 15 is 0 Å². The Labute approximate surface area is 360 Å². The smallest absolute Gasteiger partial charge is 0.308 e. The maximum absolute atomic E-state index is 13.2. The standard InChI is InChI=1S/C51H97NO6/c1-5-9-30-46(31-10-6-2)38-44-56-49(53)36-25-21-17-13-15-19-23-34-48(51(55)58-43-29-42-52-40-27-28-41-52)35-24-20-16-14-18-22-26-37-50(54)57-45-39-47(32-11-7-3)33-12-8-4/h46-48H,5-45H2,1-4H3. The van der Waals surface area contributed by atoms with Gasteiger partial charge in [0, 0.05) is 19.4 Å². The van der Waals surface area contributed by atoms with Crippen molar-refractivity contribution in [2.75, 3.05) is 39.5 Å². The van der Waals surface area contributed by atoms with E-state index in [1.807, 2.05) is 0 Å². The van der Waals surface area contributed by atoms with Crippen molar-refractivity contribution >= 4 is 17.9 Å². The Morgan fingerprint density at radius 1 is 0.414 bits per heavy atom. The van der Waals surface area contributed by atoms with Crippen molar-refractivity contribution in [3.63, 3.8) is 0 Å². The van der Waals surface area contributed by atoms with Crippen molar-refractivity contribution < 1.29 is 28.6 Å². The molecule has 0 bridgehead atoms. The largest absolute Gasteiger partial charge is 0.466 e. The lowest BCUT2D eigenvalue weighted by Gasteiger charge is -2.18. The van der Waals surface area contributed by atoms with Gasteiger partial charge in [-0.25, -0.2) is 0 Å². The van der Waals surface area contributed by atoms with Crippen LogP contribution < -0.4 is 0 Å². The summed E-state index contributed by atoms with van der Waals surface area (Å²) >= 11 is 0. The third kappa shape index (κ3) is 33.1. The molecule has 0 aromatic heterocycles. The van der Waals surface area contributed by atoms with Gasteiger partial charge in [0.2, 0.25) is 0 Å². The molecule has 7 heteroatoms. The van der Waals surface area contributed by atoms with Gasteiger partial charge in [-0.05, 0) is 82.7 Å². The number of carbonyl (C=O) groups excluding carboxylic acids is 3. The van der Waals surface area contributed by atoms with Crippen molar-refractivity contribution in [1.29, 1.82) is 0 Å². The lowest BCUT2D eigenvalue weighted by atomic mass is 9.93. The molecule has 0 spiro atoms. The number of hydrogen-bond donors (Lipinski definition) is 0. The Hall–Kier alpha value is -1.63. The second-order valence-corrected chi connectivity index (χ2v) is 18.1. The van der Waals surface area contributed by atoms with Gasteiger partial charge in [-0.1, -0.05) is 182 Å². The molecule has 1 saturated heterocycles. The number of rotatable bonds is 43. The van der Waals surface area contributed by atoms with Crippen molar-refractivity contribution in [2.45, 2.75) is 252 Å². The van der Waals surface area contributed by atoms with Crippen molar-refractivity contribution in [3.05, 3.63) is 0 Å². The Morgan fingerprint density at radius 2 is 0.793 bits per heavy atom. The van der Waals surface area contributed by atoms with Crippen LogP contribution in [-0.2, 0) is 28.6 Å². The van der Waals surface area contributed by atoms with E-state index < -0.39 is 0 Å². The fourth-order valence-electron chi connectivity index (χ4n) is 8.71. The van der Waals surface area contributed by atoms with Crippen LogP contribution in [0.4, 0.5) is 0 Å². The topological polar surface area (TPSA) is 82.1 Å². The highest BCUT2D eigenvalue weighted by Crippen LogP contribution is 2.23. The average Bonchev–Trinajstić information content (AvgIpc) is 3.75. The van der Waals surface area contributed by atoms with E-state index in [0.717, 1.165) is 103 Å². The summed E-state index contributed by atoms with van der Waals surface area (Å²) in [5, 5.41) is 0. The van der Waals surface area contributed by atoms with Crippen molar-refractivity contribution in [1.82, 2.24) is 4.90 Å². The van der Waals surface area contributed by atoms with Crippen LogP contribution in [-0.4, -0.2) is 62.3 Å². The number of nitrogens with zero attached hydrogens (tertiary/aromatic N) is 1. The van der Waals surface area contributed by atoms with Gasteiger partial charge in [0.1, 0.15) is 0 Å². The quantitative estimate of drug-likeness (QED) is 0.0344. The molecule has 58 heavy (non-hydrogen) atoms. The third-order valence-corrected chi connectivity index (χ3v) is 12.7. The number of likely N-dealkylation sites (tertiary alicyclic amines) is 1. The molecule has 1 aliphatic heterocycles. The summed E-state index contributed by atoms with van der Waals surface area (Å²) in [6.07, 6.45) is 39.2. The molecule has 0 amide bonds. The van der Waals surface area contributed by atoms with Crippen molar-refractivity contribution in [2.24, 2.45) is 17.8 Å². The Balaban J connectivity index is 2.22. The van der Waals surface area contributed by atoms with Crippen LogP contribution in [0.1, 0.15) is 252 Å². The fraction of sp³-hybridized carbons (Fsp3) is 0.941. The van der Waals surface area contributed by atoms with Gasteiger partial charge in [-0.15, -0.1) is 0 Å². The molecule has 1 rings (SSSR count). The Morgan fingerprint density at radius 3 is 1.19 bits per heavy atom. The highest BCUT2D eigenvalue weighted by atomic mass is 16.5. The first kappa shape index (κ1) is 54.4. The molecule has 0 aromatic carbocycles. The van der Waals surface area contributed by atoms with Crippen LogP contribution >= 0.6 is 0 Å². The van der Waals surface area contributed by atoms with Gasteiger partial charge in [-0.3, -0.25) is 14.4 Å². The number of unbranched alkanes of at least 4 members (excludes halogenated alkanes) is 16. The minimum atomic E-state index is -0.0214. The van der Waals surface area contributed by atoms with E-state index in [4.69, 9.17) is 14.2 Å². The summed E-state index contributed by atoms with van der Waals surface area (Å²) in [7, 11) is 0. The molecule has 0 radical (unpaired) electrons. The average molecular weight is 820 g/mol. The van der Waals surface area contributed by atoms with Crippen LogP contribution in [0.3, 0.4) is 0 Å². The zero-order valence-corrected chi connectivity index (χ0v) is 39.1. The molecule has 0 N–H and O–H groups in total. The fourth-order valence-corrected chi connectivity index (χ4v) is 8.71. The molecule has 0 saturated carbocycles. The van der Waals surface area contributed by atoms with Gasteiger partial charge in [0.05, 0.1) is 25.7 Å². The van der Waals surface area contributed by atoms with Gasteiger partial charge in [0.15, 0.2) is 0 Å². The first-order valence-corrected chi connectivity index (χ1v) is 25.6. The van der Waals surface area contributed by atoms with Gasteiger partial charge in [-0.2, -0.15) is 0 Å². The molecule has 0 aliphatic carbocycles. The summed E-state index contributed by atoms with van der Waals surface area (Å²) in [4.78, 5) is 40.2. The first-order chi connectivity index (χ1) is 28.4. The summed E-state index contributed by atoms with van der Waals surface area (Å²) in [6.45, 7) is 14.1. The Bertz CT molecular complexity index is 864. The van der Waals surface area contributed by atoms with E-state index in [2.05, 4.69) is 32.6 Å². The maximum atomic E-state index is 13.2. The second-order valence-electron chi connectivity index (χ2n) is 18.1. The van der Waals surface area contributed by atoms with Crippen LogP contribution in [0.2, 0.25) is 0 Å². The predicted molar refractivity (Wildman–Crippen MR) is 244 cm³/mol. The summed E-state index contributed by atoms with van der Waals surface area (Å²) in [5.41, 5.74) is 0. The minimum Gasteiger partial charge on any atom is -0.466 e. The van der Waals surface area contributed by atoms with Crippen LogP contribution in [0.5, 0.6) is 0 Å². The summed E-state index contributed by atoms with van der Waals surface area (Å²) < 4.78 is 17.0. The number of ether oxygens (including phenoxy) is 3. The summed E-state index contributed by atoms with van der Waals surface area (Å²) in [6, 6.07) is 0. The molecule has 1 aliphatic rings. The Kier molecular flexibility index (Phi) is 38.2. The van der Waals surface area contributed by atoms with Crippen LogP contribution in [0.15, 0.2) is 0 Å². The highest BCUT2D eigenvalue weighted by molar-refractivity contribution is 5.72. The molecular formula is C51H97NO6. The minimum absolute atomic E-state index is 0.0194. The molecule has 7 nitrogen and oxygen atoms in total.